The molecule has 4 aliphatic heterocycles. The minimum absolute atomic E-state index is 0.00848. The average molecular weight is 547 g/mol. The monoisotopic (exact) mass is 546 g/mol. The van der Waals surface area contributed by atoms with Crippen molar-refractivity contribution in [1.82, 2.24) is 35.3 Å². The lowest BCUT2D eigenvalue weighted by Crippen LogP contribution is -2.62. The van der Waals surface area contributed by atoms with Crippen LogP contribution in [0.4, 0.5) is 0 Å². The summed E-state index contributed by atoms with van der Waals surface area (Å²) in [4.78, 5) is 54.9. The molecule has 7 atom stereocenters. The first-order chi connectivity index (χ1) is 18.2. The van der Waals surface area contributed by atoms with E-state index in [1.165, 1.54) is 27.7 Å². The number of hydrogen-bond acceptors (Lipinski definition) is 10. The van der Waals surface area contributed by atoms with Gasteiger partial charge in [0, 0.05) is 48.2 Å². The Bertz CT molecular complexity index is 1140. The highest BCUT2D eigenvalue weighted by atomic mass is 32.2. The van der Waals surface area contributed by atoms with E-state index >= 15 is 0 Å². The van der Waals surface area contributed by atoms with Crippen LogP contribution in [-0.4, -0.2) is 102 Å². The number of carbonyl (C=O) groups is 4. The maximum Gasteiger partial charge on any atom is 0.353 e. The van der Waals surface area contributed by atoms with Crippen LogP contribution >= 0.6 is 11.8 Å². The van der Waals surface area contributed by atoms with E-state index < -0.39 is 11.9 Å². The van der Waals surface area contributed by atoms with Gasteiger partial charge in [0.1, 0.15) is 18.6 Å². The Morgan fingerprint density at radius 3 is 2.82 bits per heavy atom. The van der Waals surface area contributed by atoms with E-state index in [4.69, 9.17) is 5.73 Å². The van der Waals surface area contributed by atoms with E-state index in [2.05, 4.69) is 20.8 Å². The summed E-state index contributed by atoms with van der Waals surface area (Å²) in [6.45, 7) is 5.69. The van der Waals surface area contributed by atoms with Crippen molar-refractivity contribution in [3.63, 3.8) is 0 Å². The van der Waals surface area contributed by atoms with Crippen LogP contribution in [0.1, 0.15) is 39.5 Å². The Balaban J connectivity index is 1.23. The number of β-lactam (4-membered cyclic amide) rings is 1. The van der Waals surface area contributed by atoms with Crippen LogP contribution < -0.4 is 11.1 Å². The number of tetrazole rings is 1. The number of rotatable bonds is 9. The molecule has 1 aromatic heterocycles. The summed E-state index contributed by atoms with van der Waals surface area (Å²) in [6.07, 6.45) is 3.95. The van der Waals surface area contributed by atoms with Crippen LogP contribution in [0.2, 0.25) is 0 Å². The largest absolute Gasteiger partial charge is 0.477 e. The number of Topliss-reactive ketones (excluding diaryl/α,β-unsaturated/α-hetero) is 1. The molecule has 0 spiro atoms. The van der Waals surface area contributed by atoms with Crippen molar-refractivity contribution in [2.45, 2.75) is 69.5 Å². The highest BCUT2D eigenvalue weighted by Crippen LogP contribution is 2.53. The third-order valence-corrected chi connectivity index (χ3v) is 9.65. The van der Waals surface area contributed by atoms with E-state index in [1.54, 1.807) is 0 Å². The van der Waals surface area contributed by atoms with Gasteiger partial charge in [0.05, 0.1) is 18.0 Å². The molecule has 1 aromatic rings. The minimum atomic E-state index is -1.13. The van der Waals surface area contributed by atoms with E-state index in [0.717, 1.165) is 12.8 Å². The number of amides is 2. The van der Waals surface area contributed by atoms with Crippen molar-refractivity contribution in [2.75, 3.05) is 19.6 Å². The van der Waals surface area contributed by atoms with Gasteiger partial charge in [-0.15, -0.1) is 16.9 Å². The lowest BCUT2D eigenvalue weighted by molar-refractivity contribution is -0.160. The molecule has 14 heteroatoms. The number of hydrogen-bond donors (Lipinski definition) is 3. The van der Waals surface area contributed by atoms with Gasteiger partial charge in [-0.05, 0) is 35.6 Å². The first-order valence-corrected chi connectivity index (χ1v) is 14.0. The summed E-state index contributed by atoms with van der Waals surface area (Å²) in [5, 5.41) is 24.1. The fourth-order valence-corrected chi connectivity index (χ4v) is 7.82. The zero-order valence-electron chi connectivity index (χ0n) is 21.5. The number of piperidine rings is 1. The van der Waals surface area contributed by atoms with E-state index in [0.29, 0.717) is 31.0 Å². The van der Waals surface area contributed by atoms with Crippen molar-refractivity contribution in [3.8, 4) is 0 Å². The van der Waals surface area contributed by atoms with Crippen molar-refractivity contribution in [3.05, 3.63) is 16.9 Å². The fourth-order valence-electron chi connectivity index (χ4n) is 6.34. The standard InChI is InChI=1S/C24H34N8O5S/c1-12(6-15(33)10-31-11-27-28-29-31)18-19-13(2)21(20(24(36)37)32(19)23(18)35)38-16-7-17(26-8-16)22(34)30-5-3-4-14(25)9-30/h11-14,16-19,26H,3-10,25H2,1-2H3,(H,36,37)/t12-,13+,14?,16-,17?,18+,19+/m0/s1. The summed E-state index contributed by atoms with van der Waals surface area (Å²) in [5.74, 6) is -2.29. The van der Waals surface area contributed by atoms with Crippen LogP contribution in [0.3, 0.4) is 0 Å². The molecule has 0 bridgehead atoms. The predicted octanol–water partition coefficient (Wildman–Crippen LogP) is -0.545. The van der Waals surface area contributed by atoms with Crippen molar-refractivity contribution in [2.24, 2.45) is 23.5 Å². The van der Waals surface area contributed by atoms with Crippen LogP contribution in [0.5, 0.6) is 0 Å². The minimum Gasteiger partial charge on any atom is -0.477 e. The summed E-state index contributed by atoms with van der Waals surface area (Å²) in [5.41, 5.74) is 6.09. The maximum absolute atomic E-state index is 13.2. The van der Waals surface area contributed by atoms with Gasteiger partial charge in [0.15, 0.2) is 5.78 Å². The van der Waals surface area contributed by atoms with E-state index in [9.17, 15) is 24.3 Å². The van der Waals surface area contributed by atoms with E-state index in [-0.39, 0.29) is 71.5 Å². The number of ketones is 1. The smallest absolute Gasteiger partial charge is 0.353 e. The Morgan fingerprint density at radius 1 is 1.34 bits per heavy atom. The van der Waals surface area contributed by atoms with Gasteiger partial charge in [-0.3, -0.25) is 14.4 Å². The zero-order valence-corrected chi connectivity index (χ0v) is 22.3. The van der Waals surface area contributed by atoms with Gasteiger partial charge >= 0.3 is 5.97 Å². The van der Waals surface area contributed by atoms with Crippen molar-refractivity contribution < 1.29 is 24.3 Å². The summed E-state index contributed by atoms with van der Waals surface area (Å²) >= 11 is 1.46. The van der Waals surface area contributed by atoms with E-state index in [1.807, 2.05) is 18.7 Å². The Morgan fingerprint density at radius 2 is 2.13 bits per heavy atom. The third kappa shape index (κ3) is 4.96. The molecule has 3 saturated heterocycles. The predicted molar refractivity (Wildman–Crippen MR) is 136 cm³/mol. The summed E-state index contributed by atoms with van der Waals surface area (Å²) in [7, 11) is 0. The fraction of sp³-hybridized carbons (Fsp3) is 0.708. The Labute approximate surface area is 224 Å². The molecule has 2 amide bonds. The molecule has 5 rings (SSSR count). The summed E-state index contributed by atoms with van der Waals surface area (Å²) in [6, 6.07) is -0.608. The number of aliphatic carboxylic acids is 1. The molecule has 0 aliphatic carbocycles. The molecule has 4 N–H and O–H groups in total. The Kier molecular flexibility index (Phi) is 7.56. The molecule has 0 radical (unpaired) electrons. The molecule has 2 unspecified atom stereocenters. The van der Waals surface area contributed by atoms with Gasteiger partial charge in [-0.2, -0.15) is 0 Å². The first kappa shape index (κ1) is 26.8. The van der Waals surface area contributed by atoms with Gasteiger partial charge < -0.3 is 26.0 Å². The number of nitrogens with zero attached hydrogens (tertiary/aromatic N) is 6. The molecule has 0 aromatic carbocycles. The van der Waals surface area contributed by atoms with Crippen molar-refractivity contribution in [1.29, 1.82) is 0 Å². The van der Waals surface area contributed by atoms with Crippen LogP contribution in [-0.2, 0) is 25.7 Å². The topological polar surface area (TPSA) is 177 Å². The number of fused-ring (bicyclic) bond motifs is 1. The van der Waals surface area contributed by atoms with Crippen LogP contribution in [0.25, 0.3) is 0 Å². The third-order valence-electron chi connectivity index (χ3n) is 8.14. The summed E-state index contributed by atoms with van der Waals surface area (Å²) < 4.78 is 1.34. The average Bonchev–Trinajstić information content (AvgIpc) is 3.59. The SMILES string of the molecule is C[C@@H](CC(=O)Cn1cnnn1)[C@H]1C(=O)N2C(C(=O)O)=C(S[C@@H]3CNC(C(=O)N4CCCC(N)C4)C3)[C@H](C)[C@H]12. The number of carboxylic acid groups (broad SMARTS) is 1. The van der Waals surface area contributed by atoms with Gasteiger partial charge in [-0.25, -0.2) is 9.48 Å². The lowest BCUT2D eigenvalue weighted by atomic mass is 9.73. The molecule has 4 aliphatic rings. The zero-order chi connectivity index (χ0) is 27.1. The number of likely N-dealkylation sites (tertiary alicyclic amines) is 1. The molecule has 3 fully saturated rings. The molecule has 206 valence electrons. The highest BCUT2D eigenvalue weighted by molar-refractivity contribution is 8.03. The number of aromatic nitrogens is 4. The van der Waals surface area contributed by atoms with Gasteiger partial charge in [0.2, 0.25) is 11.8 Å². The molecule has 38 heavy (non-hydrogen) atoms. The van der Waals surface area contributed by atoms with Crippen molar-refractivity contribution >= 4 is 35.3 Å². The van der Waals surface area contributed by atoms with Crippen LogP contribution in [0, 0.1) is 17.8 Å². The van der Waals surface area contributed by atoms with Gasteiger partial charge in [-0.1, -0.05) is 13.8 Å². The number of carboxylic acids is 1. The molecular formula is C24H34N8O5S. The molecule has 13 nitrogen and oxygen atoms in total. The second-order valence-electron chi connectivity index (χ2n) is 10.9. The maximum atomic E-state index is 13.2. The second kappa shape index (κ2) is 10.7. The normalized spacial score (nSPS) is 31.8. The number of thioether (sulfide) groups is 1. The number of nitrogens with two attached hydrogens (primary N) is 1. The van der Waals surface area contributed by atoms with Gasteiger partial charge in [0.25, 0.3) is 0 Å². The molecule has 0 saturated carbocycles. The lowest BCUT2D eigenvalue weighted by Gasteiger charge is -2.47. The number of carbonyl (C=O) groups excluding carboxylic acids is 3. The second-order valence-corrected chi connectivity index (χ2v) is 12.2. The first-order valence-electron chi connectivity index (χ1n) is 13.1. The molecular weight excluding hydrogens is 512 g/mol. The molecule has 5 heterocycles. The van der Waals surface area contributed by atoms with Crippen LogP contribution in [0.15, 0.2) is 16.9 Å². The highest BCUT2D eigenvalue weighted by Gasteiger charge is 2.60. The quantitative estimate of drug-likeness (QED) is 0.339. The number of nitrogens with one attached hydrogen (secondary N) is 1. The Hall–Kier alpha value is -2.84.